The predicted molar refractivity (Wildman–Crippen MR) is 80.3 cm³/mol. The Labute approximate surface area is 123 Å². The van der Waals surface area contributed by atoms with Crippen LogP contribution in [0.1, 0.15) is 10.4 Å². The maximum atomic E-state index is 11.7. The molecular formula is C12H18ClN4OS+. The molecule has 0 aliphatic heterocycles. The molecule has 1 aromatic carbocycles. The van der Waals surface area contributed by atoms with Gasteiger partial charge in [-0.2, -0.15) is 0 Å². The Morgan fingerprint density at radius 1 is 1.26 bits per heavy atom. The van der Waals surface area contributed by atoms with Crippen LogP contribution in [0.2, 0.25) is 5.02 Å². The van der Waals surface area contributed by atoms with Crippen molar-refractivity contribution in [3.8, 4) is 0 Å². The second-order valence-electron chi connectivity index (χ2n) is 4.30. The first-order valence-electron chi connectivity index (χ1n) is 5.88. The molecule has 0 atom stereocenters. The van der Waals surface area contributed by atoms with Gasteiger partial charge in [-0.1, -0.05) is 11.6 Å². The van der Waals surface area contributed by atoms with Gasteiger partial charge in [-0.25, -0.2) is 0 Å². The second kappa shape index (κ2) is 7.93. The van der Waals surface area contributed by atoms with E-state index in [9.17, 15) is 4.79 Å². The number of benzene rings is 1. The van der Waals surface area contributed by atoms with E-state index < -0.39 is 0 Å². The molecule has 1 amide bonds. The van der Waals surface area contributed by atoms with E-state index in [1.54, 1.807) is 24.3 Å². The van der Waals surface area contributed by atoms with Crippen LogP contribution in [0.4, 0.5) is 0 Å². The molecule has 0 spiro atoms. The zero-order valence-electron chi connectivity index (χ0n) is 10.9. The van der Waals surface area contributed by atoms with Gasteiger partial charge in [-0.15, -0.1) is 0 Å². The van der Waals surface area contributed by atoms with Crippen molar-refractivity contribution in [1.29, 1.82) is 0 Å². The Kier molecular flexibility index (Phi) is 6.55. The zero-order valence-corrected chi connectivity index (χ0v) is 12.5. The van der Waals surface area contributed by atoms with Crippen molar-refractivity contribution in [2.75, 3.05) is 27.2 Å². The summed E-state index contributed by atoms with van der Waals surface area (Å²) in [6.45, 7) is 1.68. The van der Waals surface area contributed by atoms with Crippen LogP contribution in [0.25, 0.3) is 0 Å². The molecule has 4 N–H and O–H groups in total. The molecule has 7 heteroatoms. The quantitative estimate of drug-likeness (QED) is 0.451. The molecular weight excluding hydrogens is 284 g/mol. The van der Waals surface area contributed by atoms with Crippen LogP contribution >= 0.6 is 23.8 Å². The van der Waals surface area contributed by atoms with Crippen LogP contribution in [-0.2, 0) is 0 Å². The normalized spacial score (nSPS) is 10.1. The lowest BCUT2D eigenvalue weighted by Gasteiger charge is -2.12. The first-order valence-corrected chi connectivity index (χ1v) is 6.66. The fourth-order valence-electron chi connectivity index (χ4n) is 1.26. The molecule has 0 aliphatic rings. The number of quaternary nitrogens is 1. The number of amides is 1. The highest BCUT2D eigenvalue weighted by Crippen LogP contribution is 2.08. The van der Waals surface area contributed by atoms with Crippen molar-refractivity contribution < 1.29 is 9.69 Å². The molecule has 0 fully saturated rings. The van der Waals surface area contributed by atoms with E-state index in [0.29, 0.717) is 15.7 Å². The standard InChI is InChI=1S/C12H17ClN4OS/c1-17(2)8-7-14-12(19)16-15-11(18)9-3-5-10(13)6-4-9/h3-6H,7-8H2,1-2H3,(H,15,18)(H2,14,16,19)/p+1. The number of hydrogen-bond acceptors (Lipinski definition) is 2. The smallest absolute Gasteiger partial charge is 0.269 e. The number of carbonyl (C=O) groups excluding carboxylic acids is 1. The van der Waals surface area contributed by atoms with Crippen LogP contribution in [0.3, 0.4) is 0 Å². The van der Waals surface area contributed by atoms with Crippen LogP contribution in [0.5, 0.6) is 0 Å². The minimum absolute atomic E-state index is 0.265. The van der Waals surface area contributed by atoms with Gasteiger partial charge in [0.05, 0.1) is 27.2 Å². The Hall–Kier alpha value is -1.37. The predicted octanol–water partition coefficient (Wildman–Crippen LogP) is -0.407. The van der Waals surface area contributed by atoms with Crippen LogP contribution in [0, 0.1) is 0 Å². The van der Waals surface area contributed by atoms with E-state index in [1.807, 2.05) is 0 Å². The van der Waals surface area contributed by atoms with Crippen LogP contribution in [0.15, 0.2) is 24.3 Å². The first kappa shape index (κ1) is 15.7. The van der Waals surface area contributed by atoms with Crippen molar-refractivity contribution in [3.05, 3.63) is 34.9 Å². The molecule has 0 radical (unpaired) electrons. The summed E-state index contributed by atoms with van der Waals surface area (Å²) in [5.41, 5.74) is 5.67. The van der Waals surface area contributed by atoms with Crippen molar-refractivity contribution in [2.45, 2.75) is 0 Å². The molecule has 19 heavy (non-hydrogen) atoms. The molecule has 5 nitrogen and oxygen atoms in total. The van der Waals surface area contributed by atoms with Gasteiger partial charge in [-0.3, -0.25) is 15.6 Å². The molecule has 0 unspecified atom stereocenters. The molecule has 0 aromatic heterocycles. The number of hydrogen-bond donors (Lipinski definition) is 4. The highest BCUT2D eigenvalue weighted by atomic mass is 35.5. The van der Waals surface area contributed by atoms with E-state index >= 15 is 0 Å². The number of halogens is 1. The molecule has 0 bridgehead atoms. The monoisotopic (exact) mass is 301 g/mol. The fourth-order valence-corrected chi connectivity index (χ4v) is 1.54. The van der Waals surface area contributed by atoms with Crippen molar-refractivity contribution in [3.63, 3.8) is 0 Å². The summed E-state index contributed by atoms with van der Waals surface area (Å²) >= 11 is 10.8. The van der Waals surface area contributed by atoms with Crippen LogP contribution in [-0.4, -0.2) is 38.2 Å². The van der Waals surface area contributed by atoms with Gasteiger partial charge < -0.3 is 10.2 Å². The fraction of sp³-hybridized carbons (Fsp3) is 0.333. The lowest BCUT2D eigenvalue weighted by atomic mass is 10.2. The number of rotatable bonds is 4. The Morgan fingerprint density at radius 3 is 2.47 bits per heavy atom. The van der Waals surface area contributed by atoms with Gasteiger partial charge in [0.25, 0.3) is 5.91 Å². The van der Waals surface area contributed by atoms with Gasteiger partial charge >= 0.3 is 0 Å². The van der Waals surface area contributed by atoms with E-state index in [1.165, 1.54) is 4.90 Å². The Balaban J connectivity index is 2.30. The first-order chi connectivity index (χ1) is 8.99. The lowest BCUT2D eigenvalue weighted by Crippen LogP contribution is -3.06. The van der Waals surface area contributed by atoms with E-state index in [4.69, 9.17) is 23.8 Å². The van der Waals surface area contributed by atoms with Gasteiger partial charge in [0.2, 0.25) is 0 Å². The molecule has 0 aliphatic carbocycles. The topological polar surface area (TPSA) is 57.6 Å². The summed E-state index contributed by atoms with van der Waals surface area (Å²) in [6.07, 6.45) is 0. The summed E-state index contributed by atoms with van der Waals surface area (Å²) in [6, 6.07) is 6.61. The summed E-state index contributed by atoms with van der Waals surface area (Å²) in [4.78, 5) is 13.1. The lowest BCUT2D eigenvalue weighted by molar-refractivity contribution is -0.856. The summed E-state index contributed by atoms with van der Waals surface area (Å²) in [5.74, 6) is -0.265. The minimum Gasteiger partial charge on any atom is -0.356 e. The maximum Gasteiger partial charge on any atom is 0.269 e. The van der Waals surface area contributed by atoms with Crippen LogP contribution < -0.4 is 21.1 Å². The van der Waals surface area contributed by atoms with Gasteiger partial charge in [0.1, 0.15) is 0 Å². The van der Waals surface area contributed by atoms with Gasteiger partial charge in [0.15, 0.2) is 5.11 Å². The summed E-state index contributed by atoms with van der Waals surface area (Å²) in [7, 11) is 4.11. The van der Waals surface area contributed by atoms with Crippen molar-refractivity contribution in [2.24, 2.45) is 0 Å². The zero-order chi connectivity index (χ0) is 14.3. The van der Waals surface area contributed by atoms with E-state index in [-0.39, 0.29) is 5.91 Å². The SMILES string of the molecule is C[NH+](C)CCNC(=S)NNC(=O)c1ccc(Cl)cc1. The molecule has 104 valence electrons. The second-order valence-corrected chi connectivity index (χ2v) is 5.14. The number of likely N-dealkylation sites (N-methyl/N-ethyl adjacent to an activating group) is 1. The molecule has 0 saturated heterocycles. The summed E-state index contributed by atoms with van der Waals surface area (Å²) < 4.78 is 0. The average molecular weight is 302 g/mol. The third-order valence-corrected chi connectivity index (χ3v) is 2.80. The van der Waals surface area contributed by atoms with Gasteiger partial charge in [-0.05, 0) is 36.5 Å². The highest BCUT2D eigenvalue weighted by Gasteiger charge is 2.05. The third-order valence-electron chi connectivity index (χ3n) is 2.31. The average Bonchev–Trinajstić information content (AvgIpc) is 2.36. The number of nitrogens with one attached hydrogen (secondary N) is 4. The van der Waals surface area contributed by atoms with E-state index in [0.717, 1.165) is 13.1 Å². The van der Waals surface area contributed by atoms with Crippen molar-refractivity contribution >= 4 is 34.8 Å². The maximum absolute atomic E-state index is 11.7. The molecule has 1 rings (SSSR count). The summed E-state index contributed by atoms with van der Waals surface area (Å²) in [5, 5.41) is 3.98. The Morgan fingerprint density at radius 2 is 1.89 bits per heavy atom. The van der Waals surface area contributed by atoms with Gasteiger partial charge in [0, 0.05) is 10.6 Å². The Bertz CT molecular complexity index is 436. The van der Waals surface area contributed by atoms with Crippen molar-refractivity contribution in [1.82, 2.24) is 16.2 Å². The minimum atomic E-state index is -0.265. The molecule has 0 heterocycles. The molecule has 1 aromatic rings. The van der Waals surface area contributed by atoms with E-state index in [2.05, 4.69) is 30.3 Å². The number of carbonyl (C=O) groups is 1. The number of hydrazine groups is 1. The number of thiocarbonyl (C=S) groups is 1. The largest absolute Gasteiger partial charge is 0.356 e. The molecule has 0 saturated carbocycles. The highest BCUT2D eigenvalue weighted by molar-refractivity contribution is 7.80. The third kappa shape index (κ3) is 6.37.